The average Bonchev–Trinajstić information content (AvgIpc) is 2.57. The summed E-state index contributed by atoms with van der Waals surface area (Å²) in [6.45, 7) is 4.63. The highest BCUT2D eigenvalue weighted by Crippen LogP contribution is 2.39. The van der Waals surface area contributed by atoms with Gasteiger partial charge in [-0.2, -0.15) is 0 Å². The predicted molar refractivity (Wildman–Crippen MR) is 87.5 cm³/mol. The fourth-order valence-corrected chi connectivity index (χ4v) is 3.31. The lowest BCUT2D eigenvalue weighted by atomic mass is 9.83. The summed E-state index contributed by atoms with van der Waals surface area (Å²) in [6, 6.07) is 15.9. The number of ether oxygens (including phenoxy) is 1. The van der Waals surface area contributed by atoms with E-state index in [9.17, 15) is 9.50 Å². The van der Waals surface area contributed by atoms with E-state index < -0.39 is 5.60 Å². The Labute approximate surface area is 136 Å². The fourth-order valence-electron chi connectivity index (χ4n) is 3.31. The summed E-state index contributed by atoms with van der Waals surface area (Å²) < 4.78 is 18.7. The van der Waals surface area contributed by atoms with E-state index in [1.165, 1.54) is 12.1 Å². The van der Waals surface area contributed by atoms with Crippen LogP contribution in [0, 0.1) is 5.82 Å². The third-order valence-electron chi connectivity index (χ3n) is 4.49. The topological polar surface area (TPSA) is 32.7 Å². The molecule has 0 aliphatic carbocycles. The number of hydrogen-bond donors (Lipinski definition) is 1. The molecule has 2 aromatic carbocycles. The second-order valence-corrected chi connectivity index (χ2v) is 6.12. The molecule has 1 aliphatic rings. The Kier molecular flexibility index (Phi) is 4.76. The third-order valence-corrected chi connectivity index (χ3v) is 4.49. The van der Waals surface area contributed by atoms with Gasteiger partial charge in [-0.1, -0.05) is 42.5 Å². The van der Waals surface area contributed by atoms with Crippen LogP contribution >= 0.6 is 0 Å². The van der Waals surface area contributed by atoms with Gasteiger partial charge < -0.3 is 9.84 Å². The van der Waals surface area contributed by atoms with Gasteiger partial charge in [0, 0.05) is 13.1 Å². The van der Waals surface area contributed by atoms with Crippen molar-refractivity contribution in [3.8, 4) is 0 Å². The smallest absolute Gasteiger partial charge is 0.123 e. The van der Waals surface area contributed by atoms with Gasteiger partial charge in [0.05, 0.1) is 19.3 Å². The number of hydrogen-bond acceptors (Lipinski definition) is 3. The fraction of sp³-hybridized carbons (Fsp3) is 0.368. The van der Waals surface area contributed by atoms with Gasteiger partial charge in [0.2, 0.25) is 0 Å². The number of nitrogens with zero attached hydrogens (tertiary/aromatic N) is 1. The van der Waals surface area contributed by atoms with Crippen molar-refractivity contribution in [1.82, 2.24) is 4.90 Å². The number of rotatable bonds is 4. The minimum atomic E-state index is -1.13. The van der Waals surface area contributed by atoms with Crippen LogP contribution in [0.25, 0.3) is 0 Å². The lowest BCUT2D eigenvalue weighted by Gasteiger charge is -2.43. The van der Waals surface area contributed by atoms with Gasteiger partial charge in [-0.3, -0.25) is 4.90 Å². The second-order valence-electron chi connectivity index (χ2n) is 6.12. The van der Waals surface area contributed by atoms with Gasteiger partial charge in [0.15, 0.2) is 0 Å². The maximum atomic E-state index is 13.2. The molecule has 0 radical (unpaired) electrons. The maximum Gasteiger partial charge on any atom is 0.123 e. The van der Waals surface area contributed by atoms with Crippen LogP contribution in [-0.2, 0) is 10.3 Å². The van der Waals surface area contributed by atoms with Crippen molar-refractivity contribution in [3.05, 3.63) is 71.5 Å². The molecule has 0 unspecified atom stereocenters. The Morgan fingerprint density at radius 1 is 1.04 bits per heavy atom. The summed E-state index contributed by atoms with van der Waals surface area (Å²) in [6.07, 6.45) is 0. The van der Waals surface area contributed by atoms with E-state index in [-0.39, 0.29) is 11.9 Å². The summed E-state index contributed by atoms with van der Waals surface area (Å²) in [5.41, 5.74) is 0.620. The molecule has 1 fully saturated rings. The van der Waals surface area contributed by atoms with Crippen LogP contribution in [0.2, 0.25) is 0 Å². The molecule has 1 aliphatic heterocycles. The van der Waals surface area contributed by atoms with Crippen LogP contribution in [0.1, 0.15) is 24.1 Å². The summed E-state index contributed by atoms with van der Waals surface area (Å²) in [5, 5.41) is 11.3. The van der Waals surface area contributed by atoms with E-state index in [1.54, 1.807) is 19.1 Å². The molecule has 2 aromatic rings. The standard InChI is InChI=1S/C19H22FNO2/c1-19(22,16-7-9-17(20)10-8-16)18(15-5-3-2-4-6-15)21-11-13-23-14-12-21/h2-10,18,22H,11-14H2,1H3/t18-,19-/m1/s1. The first kappa shape index (κ1) is 16.1. The van der Waals surface area contributed by atoms with E-state index in [0.717, 1.165) is 18.7 Å². The van der Waals surface area contributed by atoms with Crippen molar-refractivity contribution in [3.63, 3.8) is 0 Å². The van der Waals surface area contributed by atoms with Gasteiger partial charge in [-0.05, 0) is 30.2 Å². The highest BCUT2D eigenvalue weighted by Gasteiger charge is 2.39. The van der Waals surface area contributed by atoms with Crippen LogP contribution in [-0.4, -0.2) is 36.3 Å². The second kappa shape index (κ2) is 6.79. The van der Waals surface area contributed by atoms with E-state index in [0.29, 0.717) is 18.8 Å². The van der Waals surface area contributed by atoms with Crippen molar-refractivity contribution in [2.45, 2.75) is 18.6 Å². The Balaban J connectivity index is 2.00. The highest BCUT2D eigenvalue weighted by atomic mass is 19.1. The van der Waals surface area contributed by atoms with Crippen molar-refractivity contribution < 1.29 is 14.2 Å². The lowest BCUT2D eigenvalue weighted by Crippen LogP contribution is -2.47. The van der Waals surface area contributed by atoms with E-state index >= 15 is 0 Å². The molecule has 122 valence electrons. The van der Waals surface area contributed by atoms with Crippen molar-refractivity contribution >= 4 is 0 Å². The van der Waals surface area contributed by atoms with Gasteiger partial charge >= 0.3 is 0 Å². The Hall–Kier alpha value is -1.75. The minimum absolute atomic E-state index is 0.210. The SMILES string of the molecule is C[C@@](O)(c1ccc(F)cc1)[C@@H](c1ccccc1)N1CCOCC1. The molecule has 0 saturated carbocycles. The zero-order valence-corrected chi connectivity index (χ0v) is 13.3. The number of aliphatic hydroxyl groups is 1. The number of morpholine rings is 1. The van der Waals surface area contributed by atoms with Crippen molar-refractivity contribution in [2.24, 2.45) is 0 Å². The zero-order valence-electron chi connectivity index (χ0n) is 13.3. The van der Waals surface area contributed by atoms with Crippen LogP contribution in [0.5, 0.6) is 0 Å². The van der Waals surface area contributed by atoms with Crippen LogP contribution < -0.4 is 0 Å². The van der Waals surface area contributed by atoms with Crippen LogP contribution in [0.3, 0.4) is 0 Å². The maximum absolute atomic E-state index is 13.2. The number of halogens is 1. The molecule has 0 spiro atoms. The monoisotopic (exact) mass is 315 g/mol. The predicted octanol–water partition coefficient (Wildman–Crippen LogP) is 3.11. The molecule has 0 bridgehead atoms. The molecule has 1 heterocycles. The van der Waals surface area contributed by atoms with Crippen LogP contribution in [0.15, 0.2) is 54.6 Å². The van der Waals surface area contributed by atoms with Crippen LogP contribution in [0.4, 0.5) is 4.39 Å². The van der Waals surface area contributed by atoms with Crippen molar-refractivity contribution in [2.75, 3.05) is 26.3 Å². The highest BCUT2D eigenvalue weighted by molar-refractivity contribution is 5.30. The quantitative estimate of drug-likeness (QED) is 0.941. The first-order valence-corrected chi connectivity index (χ1v) is 7.94. The summed E-state index contributed by atoms with van der Waals surface area (Å²) in [4.78, 5) is 2.24. The number of benzene rings is 2. The van der Waals surface area contributed by atoms with Gasteiger partial charge in [0.25, 0.3) is 0 Å². The van der Waals surface area contributed by atoms with Gasteiger partial charge in [-0.25, -0.2) is 4.39 Å². The molecule has 3 rings (SSSR count). The molecular formula is C19H22FNO2. The summed E-state index contributed by atoms with van der Waals surface area (Å²) in [5.74, 6) is -0.299. The first-order valence-electron chi connectivity index (χ1n) is 7.94. The van der Waals surface area contributed by atoms with Gasteiger partial charge in [0.1, 0.15) is 11.4 Å². The third kappa shape index (κ3) is 3.44. The molecule has 23 heavy (non-hydrogen) atoms. The average molecular weight is 315 g/mol. The van der Waals surface area contributed by atoms with E-state index in [1.807, 2.05) is 30.3 Å². The zero-order chi connectivity index (χ0) is 16.3. The Morgan fingerprint density at radius 3 is 2.26 bits per heavy atom. The normalized spacial score (nSPS) is 20.0. The molecule has 2 atom stereocenters. The summed E-state index contributed by atoms with van der Waals surface area (Å²) >= 11 is 0. The largest absolute Gasteiger partial charge is 0.383 e. The molecule has 0 amide bonds. The molecule has 0 aromatic heterocycles. The molecule has 3 nitrogen and oxygen atoms in total. The minimum Gasteiger partial charge on any atom is -0.383 e. The van der Waals surface area contributed by atoms with E-state index in [2.05, 4.69) is 4.90 Å². The van der Waals surface area contributed by atoms with Crippen molar-refractivity contribution in [1.29, 1.82) is 0 Å². The Bertz CT molecular complexity index is 622. The lowest BCUT2D eigenvalue weighted by molar-refractivity contribution is -0.0738. The molecule has 1 saturated heterocycles. The molecule has 1 N–H and O–H groups in total. The van der Waals surface area contributed by atoms with Gasteiger partial charge in [-0.15, -0.1) is 0 Å². The molecule has 4 heteroatoms. The van der Waals surface area contributed by atoms with E-state index in [4.69, 9.17) is 4.74 Å². The Morgan fingerprint density at radius 2 is 1.65 bits per heavy atom. The summed E-state index contributed by atoms with van der Waals surface area (Å²) in [7, 11) is 0. The molecular weight excluding hydrogens is 293 g/mol. The first-order chi connectivity index (χ1) is 11.1.